The molecule has 1 aliphatic rings. The minimum Gasteiger partial charge on any atom is -0.481 e. The largest absolute Gasteiger partial charge is 0.481 e. The first-order valence-electron chi connectivity index (χ1n) is 7.26. The molecule has 1 saturated carbocycles. The highest BCUT2D eigenvalue weighted by molar-refractivity contribution is 5.71. The van der Waals surface area contributed by atoms with Crippen LogP contribution in [0.5, 0.6) is 0 Å². The van der Waals surface area contributed by atoms with Gasteiger partial charge in [0.2, 0.25) is 0 Å². The van der Waals surface area contributed by atoms with Crippen LogP contribution in [-0.4, -0.2) is 26.7 Å². The Morgan fingerprint density at radius 2 is 2.25 bits per heavy atom. The van der Waals surface area contributed by atoms with E-state index in [1.807, 2.05) is 17.8 Å². The van der Waals surface area contributed by atoms with E-state index < -0.39 is 5.97 Å². The van der Waals surface area contributed by atoms with Crippen LogP contribution in [0.1, 0.15) is 39.4 Å². The summed E-state index contributed by atoms with van der Waals surface area (Å²) in [5, 5.41) is 12.9. The number of carboxylic acids is 1. The third-order valence-electron chi connectivity index (χ3n) is 5.18. The quantitative estimate of drug-likeness (QED) is 0.885. The minimum absolute atomic E-state index is 0.191. The lowest BCUT2D eigenvalue weighted by atomic mass is 9.61. The molecule has 3 atom stereocenters. The fourth-order valence-corrected chi connectivity index (χ4v) is 3.31. The van der Waals surface area contributed by atoms with Gasteiger partial charge in [-0.15, -0.1) is 0 Å². The van der Waals surface area contributed by atoms with Crippen LogP contribution in [0.15, 0.2) is 12.4 Å². The maximum absolute atomic E-state index is 11.4. The van der Waals surface area contributed by atoms with Crippen LogP contribution in [0.2, 0.25) is 0 Å². The summed E-state index contributed by atoms with van der Waals surface area (Å²) in [6.07, 6.45) is 5.38. The van der Waals surface area contributed by atoms with Crippen molar-refractivity contribution in [2.24, 2.45) is 24.3 Å². The number of rotatable bonds is 4. The van der Waals surface area contributed by atoms with Crippen molar-refractivity contribution in [2.45, 2.75) is 46.2 Å². The lowest BCUT2D eigenvalue weighted by Gasteiger charge is -2.46. The summed E-state index contributed by atoms with van der Waals surface area (Å²) in [7, 11) is 1.98. The number of hydrogen-bond acceptors (Lipinski definition) is 3. The summed E-state index contributed by atoms with van der Waals surface area (Å²) in [4.78, 5) is 15.7. The van der Waals surface area contributed by atoms with Gasteiger partial charge in [0, 0.05) is 25.5 Å². The number of aryl methyl sites for hydroxylation is 1. The van der Waals surface area contributed by atoms with Crippen molar-refractivity contribution < 1.29 is 9.90 Å². The maximum Gasteiger partial charge on any atom is 0.307 e. The van der Waals surface area contributed by atoms with Gasteiger partial charge in [0.15, 0.2) is 0 Å². The minimum atomic E-state index is -0.663. The predicted molar refractivity (Wildman–Crippen MR) is 77.1 cm³/mol. The van der Waals surface area contributed by atoms with E-state index in [1.54, 1.807) is 6.20 Å². The van der Waals surface area contributed by atoms with E-state index in [-0.39, 0.29) is 11.3 Å². The molecule has 1 heterocycles. The van der Waals surface area contributed by atoms with E-state index in [2.05, 4.69) is 31.1 Å². The number of nitrogens with one attached hydrogen (secondary N) is 1. The molecule has 2 N–H and O–H groups in total. The zero-order chi connectivity index (χ0) is 14.9. The number of imidazole rings is 1. The Labute approximate surface area is 120 Å². The molecule has 2 rings (SSSR count). The second-order valence-corrected chi connectivity index (χ2v) is 6.52. The van der Waals surface area contributed by atoms with Crippen molar-refractivity contribution in [3.63, 3.8) is 0 Å². The number of hydrogen-bond donors (Lipinski definition) is 2. The lowest BCUT2D eigenvalue weighted by molar-refractivity contribution is -0.150. The average Bonchev–Trinajstić information content (AvgIpc) is 2.76. The Morgan fingerprint density at radius 1 is 1.55 bits per heavy atom. The van der Waals surface area contributed by atoms with Crippen LogP contribution < -0.4 is 5.32 Å². The standard InChI is InChI=1S/C15H25N3O2/c1-10-12(17-9-13-16-7-8-18(13)4)6-5-11(14(19)20)15(10,2)3/h7-8,10-12,17H,5-6,9H2,1-4H3,(H,19,20). The SMILES string of the molecule is CC1C(NCc2nccn2C)CCC(C(=O)O)C1(C)C. The molecule has 0 bridgehead atoms. The second-order valence-electron chi connectivity index (χ2n) is 6.52. The zero-order valence-electron chi connectivity index (χ0n) is 12.8. The zero-order valence-corrected chi connectivity index (χ0v) is 12.8. The molecule has 1 aromatic rings. The molecule has 20 heavy (non-hydrogen) atoms. The Kier molecular flexibility index (Phi) is 4.18. The molecule has 0 aliphatic heterocycles. The van der Waals surface area contributed by atoms with E-state index >= 15 is 0 Å². The van der Waals surface area contributed by atoms with E-state index in [9.17, 15) is 9.90 Å². The van der Waals surface area contributed by atoms with Gasteiger partial charge in [-0.2, -0.15) is 0 Å². The molecule has 0 spiro atoms. The first-order chi connectivity index (χ1) is 9.34. The van der Waals surface area contributed by atoms with Crippen molar-refractivity contribution in [1.82, 2.24) is 14.9 Å². The summed E-state index contributed by atoms with van der Waals surface area (Å²) in [5.41, 5.74) is -0.191. The fourth-order valence-electron chi connectivity index (χ4n) is 3.31. The summed E-state index contributed by atoms with van der Waals surface area (Å²) >= 11 is 0. The Bertz CT molecular complexity index is 481. The molecule has 112 valence electrons. The van der Waals surface area contributed by atoms with Gasteiger partial charge in [-0.25, -0.2) is 4.98 Å². The molecule has 5 nitrogen and oxygen atoms in total. The number of nitrogens with zero attached hydrogens (tertiary/aromatic N) is 2. The van der Waals surface area contributed by atoms with Gasteiger partial charge in [0.05, 0.1) is 12.5 Å². The maximum atomic E-state index is 11.4. The predicted octanol–water partition coefficient (Wildman–Crippen LogP) is 2.04. The molecule has 0 aromatic carbocycles. The average molecular weight is 279 g/mol. The lowest BCUT2D eigenvalue weighted by Crippen LogP contribution is -2.51. The fraction of sp³-hybridized carbons (Fsp3) is 0.733. The Morgan fingerprint density at radius 3 is 2.80 bits per heavy atom. The molecular weight excluding hydrogens is 254 g/mol. The van der Waals surface area contributed by atoms with Crippen LogP contribution in [0.3, 0.4) is 0 Å². The number of carbonyl (C=O) groups is 1. The molecule has 0 saturated heterocycles. The molecule has 3 unspecified atom stereocenters. The Hall–Kier alpha value is -1.36. The van der Waals surface area contributed by atoms with Crippen molar-refractivity contribution in [3.8, 4) is 0 Å². The molecule has 0 radical (unpaired) electrons. The summed E-state index contributed by atoms with van der Waals surface area (Å²) in [5.74, 6) is 0.418. The van der Waals surface area contributed by atoms with Crippen LogP contribution in [0, 0.1) is 17.3 Å². The second kappa shape index (κ2) is 5.56. The topological polar surface area (TPSA) is 67.2 Å². The van der Waals surface area contributed by atoms with E-state index in [0.29, 0.717) is 12.0 Å². The van der Waals surface area contributed by atoms with Crippen molar-refractivity contribution in [1.29, 1.82) is 0 Å². The summed E-state index contributed by atoms with van der Waals surface area (Å²) < 4.78 is 2.01. The highest BCUT2D eigenvalue weighted by Crippen LogP contribution is 2.45. The molecule has 0 amide bonds. The molecule has 5 heteroatoms. The van der Waals surface area contributed by atoms with Gasteiger partial charge in [0.25, 0.3) is 0 Å². The summed E-state index contributed by atoms with van der Waals surface area (Å²) in [6.45, 7) is 7.04. The first-order valence-corrected chi connectivity index (χ1v) is 7.26. The van der Waals surface area contributed by atoms with E-state index in [1.165, 1.54) is 0 Å². The number of aromatic nitrogens is 2. The number of aliphatic carboxylic acids is 1. The Balaban J connectivity index is 2.01. The van der Waals surface area contributed by atoms with Crippen molar-refractivity contribution in [3.05, 3.63) is 18.2 Å². The van der Waals surface area contributed by atoms with Gasteiger partial charge >= 0.3 is 5.97 Å². The van der Waals surface area contributed by atoms with Crippen LogP contribution >= 0.6 is 0 Å². The summed E-state index contributed by atoms with van der Waals surface area (Å²) in [6, 6.07) is 0.345. The highest BCUT2D eigenvalue weighted by atomic mass is 16.4. The van der Waals surface area contributed by atoms with Crippen LogP contribution in [0.4, 0.5) is 0 Å². The molecular formula is C15H25N3O2. The van der Waals surface area contributed by atoms with E-state index in [4.69, 9.17) is 0 Å². The monoisotopic (exact) mass is 279 g/mol. The van der Waals surface area contributed by atoms with Crippen LogP contribution in [-0.2, 0) is 18.4 Å². The normalized spacial score (nSPS) is 29.3. The smallest absolute Gasteiger partial charge is 0.307 e. The van der Waals surface area contributed by atoms with E-state index in [0.717, 1.165) is 25.2 Å². The van der Waals surface area contributed by atoms with Gasteiger partial charge in [-0.3, -0.25) is 4.79 Å². The molecule has 1 aromatic heterocycles. The van der Waals surface area contributed by atoms with Gasteiger partial charge in [0.1, 0.15) is 5.82 Å². The van der Waals surface area contributed by atoms with Crippen molar-refractivity contribution >= 4 is 5.97 Å². The molecule has 1 aliphatic carbocycles. The van der Waals surface area contributed by atoms with Gasteiger partial charge < -0.3 is 15.0 Å². The van der Waals surface area contributed by atoms with Gasteiger partial charge in [-0.05, 0) is 24.2 Å². The highest BCUT2D eigenvalue weighted by Gasteiger charge is 2.46. The van der Waals surface area contributed by atoms with Crippen molar-refractivity contribution in [2.75, 3.05) is 0 Å². The number of carboxylic acid groups (broad SMARTS) is 1. The van der Waals surface area contributed by atoms with Crippen LogP contribution in [0.25, 0.3) is 0 Å². The van der Waals surface area contributed by atoms with Gasteiger partial charge in [-0.1, -0.05) is 20.8 Å². The third-order valence-corrected chi connectivity index (χ3v) is 5.18. The first kappa shape index (κ1) is 15.0. The third kappa shape index (κ3) is 2.73. The molecule has 1 fully saturated rings.